The van der Waals surface area contributed by atoms with Crippen molar-refractivity contribution >= 4 is 6.03 Å². The summed E-state index contributed by atoms with van der Waals surface area (Å²) in [6.45, 7) is 2.17. The number of methoxy groups -OCH3 is 2. The Labute approximate surface area is 131 Å². The molecule has 22 heavy (non-hydrogen) atoms. The molecule has 1 aromatic carbocycles. The number of hydrogen-bond donors (Lipinski definition) is 2. The van der Waals surface area contributed by atoms with Gasteiger partial charge in [-0.25, -0.2) is 4.79 Å². The van der Waals surface area contributed by atoms with Crippen molar-refractivity contribution in [2.75, 3.05) is 54.6 Å². The minimum atomic E-state index is -0.200. The molecular weight excluding hydrogens is 286 g/mol. The fourth-order valence-electron chi connectivity index (χ4n) is 1.65. The highest BCUT2D eigenvalue weighted by molar-refractivity contribution is 5.73. The number of rotatable bonds is 9. The molecule has 0 aliphatic rings. The SMILES string of the molecule is COc1cc(OC)cc(OCCNC(=O)NCCN(C)C)c1. The van der Waals surface area contributed by atoms with E-state index in [1.807, 2.05) is 19.0 Å². The zero-order valence-corrected chi connectivity index (χ0v) is 13.6. The number of carbonyl (C=O) groups is 1. The van der Waals surface area contributed by atoms with E-state index < -0.39 is 0 Å². The van der Waals surface area contributed by atoms with E-state index in [-0.39, 0.29) is 6.03 Å². The zero-order valence-electron chi connectivity index (χ0n) is 13.6. The van der Waals surface area contributed by atoms with E-state index in [1.165, 1.54) is 0 Å². The van der Waals surface area contributed by atoms with Crippen molar-refractivity contribution in [2.24, 2.45) is 0 Å². The Morgan fingerprint density at radius 2 is 1.55 bits per heavy atom. The van der Waals surface area contributed by atoms with Gasteiger partial charge in [-0.1, -0.05) is 0 Å². The second kappa shape index (κ2) is 9.73. The normalized spacial score (nSPS) is 10.2. The molecule has 0 saturated carbocycles. The Bertz CT molecular complexity index is 444. The Balaban J connectivity index is 2.28. The number of benzene rings is 1. The van der Waals surface area contributed by atoms with Crippen LogP contribution in [0.1, 0.15) is 0 Å². The Kier molecular flexibility index (Phi) is 7.91. The summed E-state index contributed by atoms with van der Waals surface area (Å²) < 4.78 is 15.9. The average molecular weight is 311 g/mol. The number of likely N-dealkylation sites (N-methyl/N-ethyl adjacent to an activating group) is 1. The lowest BCUT2D eigenvalue weighted by Crippen LogP contribution is -2.40. The highest BCUT2D eigenvalue weighted by Crippen LogP contribution is 2.27. The van der Waals surface area contributed by atoms with Gasteiger partial charge in [0.2, 0.25) is 0 Å². The first-order chi connectivity index (χ1) is 10.5. The van der Waals surface area contributed by atoms with Gasteiger partial charge < -0.3 is 29.7 Å². The summed E-state index contributed by atoms with van der Waals surface area (Å²) in [6, 6.07) is 5.09. The third kappa shape index (κ3) is 7.03. The van der Waals surface area contributed by atoms with Crippen LogP contribution in [0.4, 0.5) is 4.79 Å². The van der Waals surface area contributed by atoms with Crippen molar-refractivity contribution in [3.05, 3.63) is 18.2 Å². The summed E-state index contributed by atoms with van der Waals surface area (Å²) in [7, 11) is 7.07. The smallest absolute Gasteiger partial charge is 0.314 e. The van der Waals surface area contributed by atoms with Crippen molar-refractivity contribution in [1.29, 1.82) is 0 Å². The highest BCUT2D eigenvalue weighted by atomic mass is 16.5. The van der Waals surface area contributed by atoms with E-state index in [9.17, 15) is 4.79 Å². The molecule has 124 valence electrons. The quantitative estimate of drug-likeness (QED) is 0.664. The molecule has 0 unspecified atom stereocenters. The van der Waals surface area contributed by atoms with Crippen molar-refractivity contribution in [3.63, 3.8) is 0 Å². The minimum Gasteiger partial charge on any atom is -0.496 e. The number of urea groups is 1. The Morgan fingerprint density at radius 3 is 2.09 bits per heavy atom. The number of hydrogen-bond acceptors (Lipinski definition) is 5. The van der Waals surface area contributed by atoms with Crippen molar-refractivity contribution < 1.29 is 19.0 Å². The van der Waals surface area contributed by atoms with E-state index in [2.05, 4.69) is 10.6 Å². The number of nitrogens with one attached hydrogen (secondary N) is 2. The molecule has 2 N–H and O–H groups in total. The Morgan fingerprint density at radius 1 is 1.00 bits per heavy atom. The molecule has 7 nitrogen and oxygen atoms in total. The fourth-order valence-corrected chi connectivity index (χ4v) is 1.65. The first-order valence-corrected chi connectivity index (χ1v) is 7.07. The number of nitrogens with zero attached hydrogens (tertiary/aromatic N) is 1. The van der Waals surface area contributed by atoms with Crippen LogP contribution in [0.5, 0.6) is 17.2 Å². The van der Waals surface area contributed by atoms with Crippen LogP contribution in [0.3, 0.4) is 0 Å². The summed E-state index contributed by atoms with van der Waals surface area (Å²) in [5.74, 6) is 1.94. The molecule has 2 amide bonds. The van der Waals surface area contributed by atoms with E-state index in [4.69, 9.17) is 14.2 Å². The molecule has 0 saturated heterocycles. The van der Waals surface area contributed by atoms with Gasteiger partial charge in [-0.2, -0.15) is 0 Å². The van der Waals surface area contributed by atoms with Gasteiger partial charge >= 0.3 is 6.03 Å². The van der Waals surface area contributed by atoms with Gasteiger partial charge in [-0.15, -0.1) is 0 Å². The van der Waals surface area contributed by atoms with Crippen LogP contribution in [0.25, 0.3) is 0 Å². The van der Waals surface area contributed by atoms with E-state index in [1.54, 1.807) is 32.4 Å². The topological polar surface area (TPSA) is 72.1 Å². The molecule has 1 rings (SSSR count). The molecule has 0 heterocycles. The van der Waals surface area contributed by atoms with Gasteiger partial charge in [0.25, 0.3) is 0 Å². The maximum Gasteiger partial charge on any atom is 0.314 e. The van der Waals surface area contributed by atoms with Crippen LogP contribution in [0.2, 0.25) is 0 Å². The molecule has 0 spiro atoms. The third-order valence-corrected chi connectivity index (χ3v) is 2.83. The van der Waals surface area contributed by atoms with Gasteiger partial charge in [-0.05, 0) is 14.1 Å². The van der Waals surface area contributed by atoms with Gasteiger partial charge in [0, 0.05) is 31.3 Å². The molecule has 0 bridgehead atoms. The first kappa shape index (κ1) is 17.9. The molecule has 0 aliphatic carbocycles. The summed E-state index contributed by atoms with van der Waals surface area (Å²) in [5.41, 5.74) is 0. The maximum atomic E-state index is 11.5. The number of amides is 2. The molecule has 0 aromatic heterocycles. The summed E-state index contributed by atoms with van der Waals surface area (Å²) in [4.78, 5) is 13.5. The van der Waals surface area contributed by atoms with Gasteiger partial charge in [0.05, 0.1) is 20.8 Å². The summed E-state index contributed by atoms with van der Waals surface area (Å²) >= 11 is 0. The molecule has 0 fully saturated rings. The monoisotopic (exact) mass is 311 g/mol. The lowest BCUT2D eigenvalue weighted by Gasteiger charge is -2.12. The zero-order chi connectivity index (χ0) is 16.4. The van der Waals surface area contributed by atoms with E-state index in [0.29, 0.717) is 36.9 Å². The number of ether oxygens (including phenoxy) is 3. The van der Waals surface area contributed by atoms with Crippen LogP contribution in [-0.4, -0.2) is 65.5 Å². The lowest BCUT2D eigenvalue weighted by atomic mass is 10.3. The van der Waals surface area contributed by atoms with E-state index in [0.717, 1.165) is 6.54 Å². The number of carbonyl (C=O) groups excluding carboxylic acids is 1. The lowest BCUT2D eigenvalue weighted by molar-refractivity contribution is 0.235. The summed E-state index contributed by atoms with van der Waals surface area (Å²) in [5, 5.41) is 5.49. The molecule has 7 heteroatoms. The molecular formula is C15H25N3O4. The predicted molar refractivity (Wildman–Crippen MR) is 85.0 cm³/mol. The maximum absolute atomic E-state index is 11.5. The predicted octanol–water partition coefficient (Wildman–Crippen LogP) is 0.943. The van der Waals surface area contributed by atoms with Crippen LogP contribution in [0.15, 0.2) is 18.2 Å². The first-order valence-electron chi connectivity index (χ1n) is 7.07. The van der Waals surface area contributed by atoms with Gasteiger partial charge in [-0.3, -0.25) is 0 Å². The van der Waals surface area contributed by atoms with Crippen LogP contribution >= 0.6 is 0 Å². The molecule has 0 aliphatic heterocycles. The Hall–Kier alpha value is -2.15. The highest BCUT2D eigenvalue weighted by Gasteiger charge is 2.03. The van der Waals surface area contributed by atoms with Gasteiger partial charge in [0.15, 0.2) is 0 Å². The molecule has 0 radical (unpaired) electrons. The fraction of sp³-hybridized carbons (Fsp3) is 0.533. The van der Waals surface area contributed by atoms with E-state index >= 15 is 0 Å². The summed E-state index contributed by atoms with van der Waals surface area (Å²) in [6.07, 6.45) is 0. The van der Waals surface area contributed by atoms with Crippen LogP contribution in [0, 0.1) is 0 Å². The second-order valence-electron chi connectivity index (χ2n) is 4.88. The van der Waals surface area contributed by atoms with Gasteiger partial charge in [0.1, 0.15) is 23.9 Å². The van der Waals surface area contributed by atoms with Crippen molar-refractivity contribution in [3.8, 4) is 17.2 Å². The van der Waals surface area contributed by atoms with Crippen LogP contribution < -0.4 is 24.8 Å². The molecule has 1 aromatic rings. The molecule has 0 atom stereocenters. The van der Waals surface area contributed by atoms with Crippen LogP contribution in [-0.2, 0) is 0 Å². The standard InChI is InChI=1S/C15H25N3O4/c1-18(2)7-5-16-15(19)17-6-8-22-14-10-12(20-3)9-13(11-14)21-4/h9-11H,5-8H2,1-4H3,(H2,16,17,19). The average Bonchev–Trinajstić information content (AvgIpc) is 2.50. The van der Waals surface area contributed by atoms with Crippen molar-refractivity contribution in [1.82, 2.24) is 15.5 Å². The second-order valence-corrected chi connectivity index (χ2v) is 4.88. The van der Waals surface area contributed by atoms with Crippen molar-refractivity contribution in [2.45, 2.75) is 0 Å². The largest absolute Gasteiger partial charge is 0.496 e. The minimum absolute atomic E-state index is 0.200. The third-order valence-electron chi connectivity index (χ3n) is 2.83.